The van der Waals surface area contributed by atoms with Crippen LogP contribution in [0.5, 0.6) is 0 Å². The molecule has 7 heteroatoms. The molecule has 0 bridgehead atoms. The number of nitro benzene ring substituents is 1. The van der Waals surface area contributed by atoms with E-state index in [1.807, 2.05) is 6.92 Å². The van der Waals surface area contributed by atoms with Crippen molar-refractivity contribution in [1.82, 2.24) is 0 Å². The van der Waals surface area contributed by atoms with Crippen molar-refractivity contribution in [3.05, 3.63) is 67.9 Å². The number of anilines is 1. The van der Waals surface area contributed by atoms with Gasteiger partial charge in [-0.15, -0.1) is 0 Å². The molecule has 2 aromatic carbocycles. The lowest BCUT2D eigenvalue weighted by Crippen LogP contribution is -2.07. The van der Waals surface area contributed by atoms with Gasteiger partial charge in [0.05, 0.1) is 4.92 Å². The molecule has 2 rings (SSSR count). The number of nitrogens with zero attached hydrogens (tertiary/aromatic N) is 1. The summed E-state index contributed by atoms with van der Waals surface area (Å²) >= 11 is 11.8. The lowest BCUT2D eigenvalue weighted by atomic mass is 10.1. The predicted molar refractivity (Wildman–Crippen MR) is 81.6 cm³/mol. The van der Waals surface area contributed by atoms with Gasteiger partial charge in [-0.25, -0.2) is 4.39 Å². The molecule has 0 aliphatic rings. The number of hydrogen-bond acceptors (Lipinski definition) is 3. The fourth-order valence-electron chi connectivity index (χ4n) is 1.93. The number of nitrogens with one attached hydrogen (secondary N) is 1. The number of hydrogen-bond donors (Lipinski definition) is 1. The van der Waals surface area contributed by atoms with Gasteiger partial charge in [-0.2, -0.15) is 0 Å². The van der Waals surface area contributed by atoms with Gasteiger partial charge in [0.15, 0.2) is 0 Å². The van der Waals surface area contributed by atoms with E-state index in [1.165, 1.54) is 24.3 Å². The second kappa shape index (κ2) is 6.28. The third kappa shape index (κ3) is 3.62. The molecule has 1 atom stereocenters. The van der Waals surface area contributed by atoms with Crippen molar-refractivity contribution in [3.63, 3.8) is 0 Å². The Morgan fingerprint density at radius 1 is 1.19 bits per heavy atom. The first-order valence-electron chi connectivity index (χ1n) is 6.04. The second-order valence-corrected chi connectivity index (χ2v) is 5.27. The molecule has 0 fully saturated rings. The summed E-state index contributed by atoms with van der Waals surface area (Å²) in [5.74, 6) is -0.408. The van der Waals surface area contributed by atoms with Crippen molar-refractivity contribution in [2.45, 2.75) is 13.0 Å². The maximum Gasteiger partial charge on any atom is 0.288 e. The maximum absolute atomic E-state index is 13.0. The summed E-state index contributed by atoms with van der Waals surface area (Å²) < 4.78 is 13.0. The second-order valence-electron chi connectivity index (χ2n) is 4.46. The fourth-order valence-corrected chi connectivity index (χ4v) is 2.51. The van der Waals surface area contributed by atoms with Crippen LogP contribution in [0.15, 0.2) is 36.4 Å². The minimum atomic E-state index is -0.549. The molecule has 0 saturated carbocycles. The average molecular weight is 329 g/mol. The molecule has 1 unspecified atom stereocenters. The van der Waals surface area contributed by atoms with Crippen LogP contribution in [0.3, 0.4) is 0 Å². The normalized spacial score (nSPS) is 12.0. The SMILES string of the molecule is CC(Nc1ccc([N+](=O)[O-])c(Cl)c1)c1ccc(F)cc1Cl. The molecule has 21 heavy (non-hydrogen) atoms. The molecule has 0 spiro atoms. The lowest BCUT2D eigenvalue weighted by molar-refractivity contribution is -0.384. The summed E-state index contributed by atoms with van der Waals surface area (Å²) in [7, 11) is 0. The highest BCUT2D eigenvalue weighted by molar-refractivity contribution is 6.33. The number of halogens is 3. The summed E-state index contributed by atoms with van der Waals surface area (Å²) in [6.07, 6.45) is 0. The molecule has 4 nitrogen and oxygen atoms in total. The van der Waals surface area contributed by atoms with Crippen molar-refractivity contribution in [2.24, 2.45) is 0 Å². The van der Waals surface area contributed by atoms with Gasteiger partial charge in [0.1, 0.15) is 10.8 Å². The Hall–Kier alpha value is -1.85. The zero-order valence-electron chi connectivity index (χ0n) is 10.9. The quantitative estimate of drug-likeness (QED) is 0.618. The Morgan fingerprint density at radius 2 is 1.90 bits per heavy atom. The van der Waals surface area contributed by atoms with Crippen LogP contribution in [-0.2, 0) is 0 Å². The first kappa shape index (κ1) is 15.5. The highest BCUT2D eigenvalue weighted by Gasteiger charge is 2.14. The van der Waals surface area contributed by atoms with Gasteiger partial charge in [0.2, 0.25) is 0 Å². The van der Waals surface area contributed by atoms with Gasteiger partial charge in [-0.05, 0) is 36.8 Å². The predicted octanol–water partition coefficient (Wildman–Crippen LogP) is 5.21. The van der Waals surface area contributed by atoms with E-state index < -0.39 is 10.7 Å². The zero-order chi connectivity index (χ0) is 15.6. The van der Waals surface area contributed by atoms with Crippen molar-refractivity contribution in [2.75, 3.05) is 5.32 Å². The molecular formula is C14H11Cl2FN2O2. The van der Waals surface area contributed by atoms with Crippen LogP contribution >= 0.6 is 23.2 Å². The van der Waals surface area contributed by atoms with Crippen LogP contribution in [-0.4, -0.2) is 4.92 Å². The molecule has 2 aromatic rings. The highest BCUT2D eigenvalue weighted by atomic mass is 35.5. The third-order valence-corrected chi connectivity index (χ3v) is 3.59. The Labute approximate surface area is 130 Å². The molecule has 0 aliphatic heterocycles. The molecule has 0 saturated heterocycles. The van der Waals surface area contributed by atoms with Crippen LogP contribution in [0.2, 0.25) is 10.0 Å². The van der Waals surface area contributed by atoms with E-state index in [9.17, 15) is 14.5 Å². The van der Waals surface area contributed by atoms with E-state index in [1.54, 1.807) is 12.1 Å². The molecule has 0 heterocycles. The summed E-state index contributed by atoms with van der Waals surface area (Å²) in [4.78, 5) is 10.2. The van der Waals surface area contributed by atoms with Crippen LogP contribution in [0.1, 0.15) is 18.5 Å². The minimum Gasteiger partial charge on any atom is -0.378 e. The average Bonchev–Trinajstić information content (AvgIpc) is 2.37. The summed E-state index contributed by atoms with van der Waals surface area (Å²) in [5, 5.41) is 14.2. The van der Waals surface area contributed by atoms with Crippen LogP contribution < -0.4 is 5.32 Å². The molecule has 0 aromatic heterocycles. The smallest absolute Gasteiger partial charge is 0.288 e. The van der Waals surface area contributed by atoms with E-state index in [-0.39, 0.29) is 16.8 Å². The largest absolute Gasteiger partial charge is 0.378 e. The van der Waals surface area contributed by atoms with Crippen LogP contribution in [0.25, 0.3) is 0 Å². The summed E-state index contributed by atoms with van der Waals surface area (Å²) in [6, 6.07) is 8.27. The number of benzene rings is 2. The summed E-state index contributed by atoms with van der Waals surface area (Å²) in [6.45, 7) is 1.84. The lowest BCUT2D eigenvalue weighted by Gasteiger charge is -2.17. The van der Waals surface area contributed by atoms with E-state index in [2.05, 4.69) is 5.32 Å². The standard InChI is InChI=1S/C14H11Cl2FN2O2/c1-8(11-4-2-9(17)6-12(11)15)18-10-3-5-14(19(20)21)13(16)7-10/h2-8,18H,1H3. The Morgan fingerprint density at radius 3 is 2.48 bits per heavy atom. The fraction of sp³-hybridized carbons (Fsp3) is 0.143. The van der Waals surface area contributed by atoms with Crippen molar-refractivity contribution >= 4 is 34.6 Å². The van der Waals surface area contributed by atoms with Crippen LogP contribution in [0.4, 0.5) is 15.8 Å². The molecule has 1 N–H and O–H groups in total. The van der Waals surface area contributed by atoms with Gasteiger partial charge >= 0.3 is 0 Å². The maximum atomic E-state index is 13.0. The van der Waals surface area contributed by atoms with E-state index >= 15 is 0 Å². The first-order valence-corrected chi connectivity index (χ1v) is 6.79. The van der Waals surface area contributed by atoms with E-state index in [0.29, 0.717) is 16.3 Å². The highest BCUT2D eigenvalue weighted by Crippen LogP contribution is 2.31. The van der Waals surface area contributed by atoms with Gasteiger partial charge in [0.25, 0.3) is 5.69 Å². The monoisotopic (exact) mass is 328 g/mol. The van der Waals surface area contributed by atoms with Gasteiger partial charge in [-0.1, -0.05) is 29.3 Å². The number of rotatable bonds is 4. The van der Waals surface area contributed by atoms with Crippen molar-refractivity contribution < 1.29 is 9.31 Å². The zero-order valence-corrected chi connectivity index (χ0v) is 12.5. The van der Waals surface area contributed by atoms with Crippen molar-refractivity contribution in [1.29, 1.82) is 0 Å². The van der Waals surface area contributed by atoms with Gasteiger partial charge in [0, 0.05) is 22.8 Å². The third-order valence-electron chi connectivity index (χ3n) is 2.96. The van der Waals surface area contributed by atoms with Crippen molar-refractivity contribution in [3.8, 4) is 0 Å². The molecule has 0 radical (unpaired) electrons. The Balaban J connectivity index is 2.21. The molecule has 0 amide bonds. The topological polar surface area (TPSA) is 55.2 Å². The van der Waals surface area contributed by atoms with E-state index in [4.69, 9.17) is 23.2 Å². The van der Waals surface area contributed by atoms with Gasteiger partial charge < -0.3 is 5.32 Å². The Bertz CT molecular complexity index is 695. The number of nitro groups is 1. The molecular weight excluding hydrogens is 318 g/mol. The van der Waals surface area contributed by atoms with E-state index in [0.717, 1.165) is 0 Å². The Kier molecular flexibility index (Phi) is 4.65. The van der Waals surface area contributed by atoms with Gasteiger partial charge in [-0.3, -0.25) is 10.1 Å². The molecule has 110 valence electrons. The summed E-state index contributed by atoms with van der Waals surface area (Å²) in [5.41, 5.74) is 1.17. The minimum absolute atomic E-state index is 0.0439. The van der Waals surface area contributed by atoms with Crippen LogP contribution in [0, 0.1) is 15.9 Å². The first-order chi connectivity index (χ1) is 9.88. The molecule has 0 aliphatic carbocycles.